The smallest absolute Gasteiger partial charge is 0.244 e. The number of carbonyl (C=O) groups is 1. The van der Waals surface area contributed by atoms with Gasteiger partial charge in [0.1, 0.15) is 6.04 Å². The highest BCUT2D eigenvalue weighted by atomic mass is 16.2. The highest BCUT2D eigenvalue weighted by Gasteiger charge is 2.17. The van der Waals surface area contributed by atoms with Gasteiger partial charge in [0.2, 0.25) is 5.91 Å². The summed E-state index contributed by atoms with van der Waals surface area (Å²) in [6.07, 6.45) is 2.16. The SMILES string of the molecule is CCCCN(C)C(=O)C(C)Nc1ccc(C)cc1C. The summed E-state index contributed by atoms with van der Waals surface area (Å²) in [7, 11) is 1.87. The maximum atomic E-state index is 12.2. The van der Waals surface area contributed by atoms with Gasteiger partial charge in [0.15, 0.2) is 0 Å². The molecule has 0 aliphatic heterocycles. The van der Waals surface area contributed by atoms with E-state index in [9.17, 15) is 4.79 Å². The van der Waals surface area contributed by atoms with E-state index in [4.69, 9.17) is 0 Å². The standard InChI is InChI=1S/C16H26N2O/c1-6-7-10-18(5)16(19)14(4)17-15-9-8-12(2)11-13(15)3/h8-9,11,14,17H,6-7,10H2,1-5H3. The second-order valence-corrected chi connectivity index (χ2v) is 5.30. The lowest BCUT2D eigenvalue weighted by molar-refractivity contribution is -0.130. The molecule has 19 heavy (non-hydrogen) atoms. The van der Waals surface area contributed by atoms with Gasteiger partial charge in [-0.05, 0) is 38.8 Å². The first kappa shape index (κ1) is 15.5. The average molecular weight is 262 g/mol. The molecule has 3 nitrogen and oxygen atoms in total. The van der Waals surface area contributed by atoms with Crippen LogP contribution in [0.3, 0.4) is 0 Å². The molecule has 1 rings (SSSR count). The number of rotatable bonds is 6. The van der Waals surface area contributed by atoms with E-state index in [2.05, 4.69) is 38.2 Å². The molecule has 0 saturated carbocycles. The van der Waals surface area contributed by atoms with Gasteiger partial charge in [-0.1, -0.05) is 31.0 Å². The van der Waals surface area contributed by atoms with Crippen molar-refractivity contribution in [2.45, 2.75) is 46.6 Å². The van der Waals surface area contributed by atoms with Gasteiger partial charge in [0, 0.05) is 19.3 Å². The summed E-state index contributed by atoms with van der Waals surface area (Å²) in [4.78, 5) is 14.0. The first-order valence-corrected chi connectivity index (χ1v) is 7.04. The van der Waals surface area contributed by atoms with Crippen molar-refractivity contribution in [2.75, 3.05) is 18.9 Å². The van der Waals surface area contributed by atoms with Crippen molar-refractivity contribution in [3.63, 3.8) is 0 Å². The number of hydrogen-bond donors (Lipinski definition) is 1. The summed E-state index contributed by atoms with van der Waals surface area (Å²) in [5, 5.41) is 3.30. The van der Waals surface area contributed by atoms with E-state index < -0.39 is 0 Å². The third-order valence-corrected chi connectivity index (χ3v) is 3.35. The van der Waals surface area contributed by atoms with Crippen LogP contribution in [-0.2, 0) is 4.79 Å². The Labute approximate surface area is 117 Å². The highest BCUT2D eigenvalue weighted by molar-refractivity contribution is 5.84. The van der Waals surface area contributed by atoms with E-state index in [1.165, 1.54) is 11.1 Å². The number of hydrogen-bond acceptors (Lipinski definition) is 2. The van der Waals surface area contributed by atoms with Crippen LogP contribution in [0.4, 0.5) is 5.69 Å². The van der Waals surface area contributed by atoms with Crippen LogP contribution in [0.5, 0.6) is 0 Å². The van der Waals surface area contributed by atoms with Crippen molar-refractivity contribution in [1.82, 2.24) is 4.90 Å². The number of unbranched alkanes of at least 4 members (excludes halogenated alkanes) is 1. The second-order valence-electron chi connectivity index (χ2n) is 5.30. The van der Waals surface area contributed by atoms with Crippen LogP contribution in [0.2, 0.25) is 0 Å². The topological polar surface area (TPSA) is 32.3 Å². The van der Waals surface area contributed by atoms with E-state index >= 15 is 0 Å². The zero-order valence-electron chi connectivity index (χ0n) is 12.8. The summed E-state index contributed by atoms with van der Waals surface area (Å²) >= 11 is 0. The predicted molar refractivity (Wildman–Crippen MR) is 81.5 cm³/mol. The zero-order valence-corrected chi connectivity index (χ0v) is 12.8. The molecule has 0 fully saturated rings. The predicted octanol–water partition coefficient (Wildman–Crippen LogP) is 3.36. The number of carbonyl (C=O) groups excluding carboxylic acids is 1. The number of likely N-dealkylation sites (N-methyl/N-ethyl adjacent to an activating group) is 1. The lowest BCUT2D eigenvalue weighted by Gasteiger charge is -2.23. The van der Waals surface area contributed by atoms with Crippen molar-refractivity contribution < 1.29 is 4.79 Å². The lowest BCUT2D eigenvalue weighted by Crippen LogP contribution is -2.39. The van der Waals surface area contributed by atoms with Gasteiger partial charge in [-0.3, -0.25) is 4.79 Å². The Bertz CT molecular complexity index is 429. The largest absolute Gasteiger partial charge is 0.374 e. The number of aryl methyl sites for hydroxylation is 2. The van der Waals surface area contributed by atoms with Crippen molar-refractivity contribution >= 4 is 11.6 Å². The summed E-state index contributed by atoms with van der Waals surface area (Å²) in [6, 6.07) is 6.04. The molecule has 1 unspecified atom stereocenters. The van der Waals surface area contributed by atoms with Crippen LogP contribution < -0.4 is 5.32 Å². The van der Waals surface area contributed by atoms with Crippen molar-refractivity contribution in [2.24, 2.45) is 0 Å². The molecule has 106 valence electrons. The van der Waals surface area contributed by atoms with Gasteiger partial charge < -0.3 is 10.2 Å². The molecule has 1 aromatic carbocycles. The molecule has 0 bridgehead atoms. The van der Waals surface area contributed by atoms with E-state index in [1.54, 1.807) is 0 Å². The van der Waals surface area contributed by atoms with E-state index in [1.807, 2.05) is 24.9 Å². The number of amides is 1. The minimum absolute atomic E-state index is 0.147. The summed E-state index contributed by atoms with van der Waals surface area (Å²) < 4.78 is 0. The van der Waals surface area contributed by atoms with E-state index in [0.717, 1.165) is 25.1 Å². The van der Waals surface area contributed by atoms with Gasteiger partial charge in [-0.2, -0.15) is 0 Å². The molecule has 0 aromatic heterocycles. The maximum Gasteiger partial charge on any atom is 0.244 e. The molecular weight excluding hydrogens is 236 g/mol. The number of nitrogens with zero attached hydrogens (tertiary/aromatic N) is 1. The van der Waals surface area contributed by atoms with Crippen LogP contribution in [0.25, 0.3) is 0 Å². The fraction of sp³-hybridized carbons (Fsp3) is 0.562. The molecule has 0 aliphatic rings. The fourth-order valence-corrected chi connectivity index (χ4v) is 2.11. The fourth-order valence-electron chi connectivity index (χ4n) is 2.11. The minimum atomic E-state index is -0.191. The molecule has 1 amide bonds. The molecule has 3 heteroatoms. The maximum absolute atomic E-state index is 12.2. The number of anilines is 1. The Kier molecular flexibility index (Phi) is 5.87. The first-order valence-electron chi connectivity index (χ1n) is 7.04. The monoisotopic (exact) mass is 262 g/mol. The summed E-state index contributed by atoms with van der Waals surface area (Å²) in [5.74, 6) is 0.147. The van der Waals surface area contributed by atoms with Gasteiger partial charge in [-0.15, -0.1) is 0 Å². The third-order valence-electron chi connectivity index (χ3n) is 3.35. The second kappa shape index (κ2) is 7.17. The van der Waals surface area contributed by atoms with Crippen LogP contribution in [-0.4, -0.2) is 30.4 Å². The van der Waals surface area contributed by atoms with E-state index in [-0.39, 0.29) is 11.9 Å². The third kappa shape index (κ3) is 4.58. The molecule has 0 saturated heterocycles. The molecule has 0 spiro atoms. The van der Waals surface area contributed by atoms with Crippen LogP contribution in [0, 0.1) is 13.8 Å². The molecule has 0 radical (unpaired) electrons. The van der Waals surface area contributed by atoms with Crippen LogP contribution in [0.15, 0.2) is 18.2 Å². The number of benzene rings is 1. The lowest BCUT2D eigenvalue weighted by atomic mass is 10.1. The Hall–Kier alpha value is -1.51. The Morgan fingerprint density at radius 3 is 2.63 bits per heavy atom. The minimum Gasteiger partial charge on any atom is -0.374 e. The van der Waals surface area contributed by atoms with Crippen LogP contribution >= 0.6 is 0 Å². The quantitative estimate of drug-likeness (QED) is 0.852. The normalized spacial score (nSPS) is 12.1. The van der Waals surface area contributed by atoms with Crippen LogP contribution in [0.1, 0.15) is 37.8 Å². The Morgan fingerprint density at radius 1 is 1.37 bits per heavy atom. The molecule has 1 aromatic rings. The average Bonchev–Trinajstić information content (AvgIpc) is 2.38. The Balaban J connectivity index is 2.63. The zero-order chi connectivity index (χ0) is 14.4. The Morgan fingerprint density at radius 2 is 2.05 bits per heavy atom. The molecule has 0 aliphatic carbocycles. The number of nitrogens with one attached hydrogen (secondary N) is 1. The van der Waals surface area contributed by atoms with Crippen molar-refractivity contribution in [3.05, 3.63) is 29.3 Å². The molecule has 0 heterocycles. The van der Waals surface area contributed by atoms with E-state index in [0.29, 0.717) is 0 Å². The summed E-state index contributed by atoms with van der Waals surface area (Å²) in [5.41, 5.74) is 3.45. The van der Waals surface area contributed by atoms with Crippen molar-refractivity contribution in [3.8, 4) is 0 Å². The molecular formula is C16H26N2O. The van der Waals surface area contributed by atoms with Gasteiger partial charge in [0.25, 0.3) is 0 Å². The summed E-state index contributed by atoms with van der Waals surface area (Å²) in [6.45, 7) is 9.02. The molecule has 1 atom stereocenters. The highest BCUT2D eigenvalue weighted by Crippen LogP contribution is 2.17. The molecule has 1 N–H and O–H groups in total. The van der Waals surface area contributed by atoms with Gasteiger partial charge >= 0.3 is 0 Å². The van der Waals surface area contributed by atoms with Gasteiger partial charge in [-0.25, -0.2) is 0 Å². The first-order chi connectivity index (χ1) is 8.95. The van der Waals surface area contributed by atoms with Crippen molar-refractivity contribution in [1.29, 1.82) is 0 Å². The van der Waals surface area contributed by atoms with Gasteiger partial charge in [0.05, 0.1) is 0 Å².